The van der Waals surface area contributed by atoms with Gasteiger partial charge in [-0.15, -0.1) is 0 Å². The Morgan fingerprint density at radius 2 is 0.967 bits per heavy atom. The molecule has 166 valence electrons. The minimum Gasteiger partial charge on any atom is -0.300 e. The van der Waals surface area contributed by atoms with Gasteiger partial charge in [0.25, 0.3) is 0 Å². The lowest BCUT2D eigenvalue weighted by Gasteiger charge is -2.51. The van der Waals surface area contributed by atoms with E-state index in [4.69, 9.17) is 10.2 Å². The Balaban J connectivity index is 1.39. The monoisotopic (exact) mass is 412 g/mol. The topological polar surface area (TPSA) is 37.7 Å². The highest BCUT2D eigenvalue weighted by Gasteiger charge is 2.53. The van der Waals surface area contributed by atoms with Gasteiger partial charge in [-0.25, -0.2) is 0 Å². The Kier molecular flexibility index (Phi) is 4.87. The van der Waals surface area contributed by atoms with Crippen molar-refractivity contribution < 1.29 is 0 Å². The number of piperidine rings is 4. The molecule has 8 rings (SSSR count). The van der Waals surface area contributed by atoms with Gasteiger partial charge in [-0.3, -0.25) is 0 Å². The first-order valence-electron chi connectivity index (χ1n) is 12.7. The highest BCUT2D eigenvalue weighted by molar-refractivity contribution is 5.98. The van der Waals surface area contributed by atoms with Crippen molar-refractivity contribution in [2.24, 2.45) is 32.9 Å². The number of hydrogen-bond donors (Lipinski definition) is 0. The van der Waals surface area contributed by atoms with Gasteiger partial charge in [0.15, 0.2) is 0 Å². The smallest absolute Gasteiger partial charge is 0.0549 e. The van der Waals surface area contributed by atoms with E-state index < -0.39 is 0 Å². The van der Waals surface area contributed by atoms with E-state index in [1.807, 2.05) is 0 Å². The minimum absolute atomic E-state index is 0.254. The highest BCUT2D eigenvalue weighted by Crippen LogP contribution is 2.44. The van der Waals surface area contributed by atoms with Crippen LogP contribution in [0.2, 0.25) is 0 Å². The molecule has 6 nitrogen and oxygen atoms in total. The van der Waals surface area contributed by atoms with E-state index >= 15 is 0 Å². The molecule has 8 heterocycles. The summed E-state index contributed by atoms with van der Waals surface area (Å²) in [6.07, 6.45) is 5.03. The summed E-state index contributed by atoms with van der Waals surface area (Å²) in [6, 6.07) is 0. The third kappa shape index (κ3) is 3.05. The second-order valence-electron chi connectivity index (χ2n) is 11.4. The summed E-state index contributed by atoms with van der Waals surface area (Å²) in [6.45, 7) is 19.4. The molecule has 8 bridgehead atoms. The Hall–Kier alpha value is -0.820. The van der Waals surface area contributed by atoms with E-state index in [0.717, 1.165) is 0 Å². The molecule has 0 N–H and O–H groups in total. The third-order valence-corrected chi connectivity index (χ3v) is 9.07. The van der Waals surface area contributed by atoms with Crippen molar-refractivity contribution in [1.82, 2.24) is 19.6 Å². The molecule has 0 aromatic rings. The maximum Gasteiger partial charge on any atom is 0.0549 e. The van der Waals surface area contributed by atoms with Crippen LogP contribution in [0.15, 0.2) is 10.2 Å². The van der Waals surface area contributed by atoms with Crippen molar-refractivity contribution in [3.8, 4) is 0 Å². The van der Waals surface area contributed by atoms with E-state index in [0.29, 0.717) is 11.8 Å². The number of fused-ring (bicyclic) bond motifs is 2. The number of rotatable bonds is 5. The lowest BCUT2D eigenvalue weighted by atomic mass is 9.67. The molecule has 0 aliphatic carbocycles. The first-order valence-corrected chi connectivity index (χ1v) is 12.7. The number of hydrogen-bond acceptors (Lipinski definition) is 6. The molecule has 0 radical (unpaired) electrons. The fourth-order valence-corrected chi connectivity index (χ4v) is 8.23. The summed E-state index contributed by atoms with van der Waals surface area (Å²) >= 11 is 0. The van der Waals surface area contributed by atoms with Gasteiger partial charge in [-0.2, -0.15) is 10.2 Å². The molecule has 8 fully saturated rings. The SMILES string of the molecule is CCCC12CN3CCN(CC(C3)C1=NN=C1C3CN4CCN(C3)CC1(CCC)C4)C2. The molecule has 4 atom stereocenters. The zero-order valence-corrected chi connectivity index (χ0v) is 19.2. The van der Waals surface area contributed by atoms with Crippen molar-refractivity contribution >= 4 is 11.4 Å². The molecule has 0 saturated carbocycles. The second kappa shape index (κ2) is 7.36. The fraction of sp³-hybridized carbons (Fsp3) is 0.917. The Morgan fingerprint density at radius 3 is 1.27 bits per heavy atom. The van der Waals surface area contributed by atoms with E-state index in [-0.39, 0.29) is 10.8 Å². The van der Waals surface area contributed by atoms with Gasteiger partial charge < -0.3 is 19.6 Å². The van der Waals surface area contributed by atoms with Crippen molar-refractivity contribution in [1.29, 1.82) is 0 Å². The molecule has 8 saturated heterocycles. The van der Waals surface area contributed by atoms with Crippen molar-refractivity contribution in [2.45, 2.75) is 39.5 Å². The molecule has 6 heteroatoms. The molecule has 8 aliphatic rings. The van der Waals surface area contributed by atoms with Crippen LogP contribution in [0, 0.1) is 22.7 Å². The first-order chi connectivity index (χ1) is 14.6. The predicted octanol–water partition coefficient (Wildman–Crippen LogP) is 1.88. The highest BCUT2D eigenvalue weighted by atomic mass is 15.3. The summed E-state index contributed by atoms with van der Waals surface area (Å²) < 4.78 is 0. The van der Waals surface area contributed by atoms with Crippen LogP contribution in [-0.4, -0.2) is 110 Å². The van der Waals surface area contributed by atoms with Gasteiger partial charge in [-0.1, -0.05) is 26.7 Å². The van der Waals surface area contributed by atoms with Gasteiger partial charge in [0, 0.05) is 101 Å². The molecule has 0 aromatic heterocycles. The summed E-state index contributed by atoms with van der Waals surface area (Å²) in [5, 5.41) is 10.5. The lowest BCUT2D eigenvalue weighted by Crippen LogP contribution is -2.62. The van der Waals surface area contributed by atoms with Crippen molar-refractivity contribution in [2.75, 3.05) is 78.5 Å². The van der Waals surface area contributed by atoms with E-state index in [9.17, 15) is 0 Å². The standard InChI is InChI=1S/C24H40N6/c1-3-5-23-15-27-7-8-28(16-23)12-19(11-27)21(23)25-26-22-20-13-29-9-10-30(14-20)18-24(22,17-29)6-4-2/h19-20H,3-18H2,1-2H3. The molecule has 0 spiro atoms. The lowest BCUT2D eigenvalue weighted by molar-refractivity contribution is 0.107. The summed E-state index contributed by atoms with van der Waals surface area (Å²) in [5.41, 5.74) is 3.46. The second-order valence-corrected chi connectivity index (χ2v) is 11.4. The van der Waals surface area contributed by atoms with Crippen LogP contribution in [0.5, 0.6) is 0 Å². The average Bonchev–Trinajstić information content (AvgIpc) is 3.08. The quantitative estimate of drug-likeness (QED) is 0.646. The van der Waals surface area contributed by atoms with Gasteiger partial charge in [0.2, 0.25) is 0 Å². The first kappa shape index (κ1) is 19.8. The molecule has 0 amide bonds. The normalized spacial score (nSPS) is 51.7. The Labute approximate surface area is 182 Å². The van der Waals surface area contributed by atoms with Crippen LogP contribution in [0.4, 0.5) is 0 Å². The maximum absolute atomic E-state index is 5.27. The predicted molar refractivity (Wildman–Crippen MR) is 122 cm³/mol. The van der Waals surface area contributed by atoms with E-state index in [2.05, 4.69) is 33.4 Å². The summed E-state index contributed by atoms with van der Waals surface area (Å²) in [4.78, 5) is 10.9. The van der Waals surface area contributed by atoms with Crippen LogP contribution in [0.3, 0.4) is 0 Å². The summed E-state index contributed by atoms with van der Waals surface area (Å²) in [7, 11) is 0. The maximum atomic E-state index is 5.27. The van der Waals surface area contributed by atoms with Crippen molar-refractivity contribution in [3.63, 3.8) is 0 Å². The Morgan fingerprint density at radius 1 is 0.633 bits per heavy atom. The van der Waals surface area contributed by atoms with Gasteiger partial charge in [0.05, 0.1) is 11.4 Å². The van der Waals surface area contributed by atoms with Gasteiger partial charge >= 0.3 is 0 Å². The molecule has 0 aromatic carbocycles. The van der Waals surface area contributed by atoms with Crippen LogP contribution >= 0.6 is 0 Å². The summed E-state index contributed by atoms with van der Waals surface area (Å²) in [5.74, 6) is 1.19. The van der Waals surface area contributed by atoms with Gasteiger partial charge in [0.1, 0.15) is 0 Å². The van der Waals surface area contributed by atoms with Crippen LogP contribution in [0.1, 0.15) is 39.5 Å². The minimum atomic E-state index is 0.254. The molecular formula is C24H40N6. The van der Waals surface area contributed by atoms with E-state index in [1.54, 1.807) is 0 Å². The van der Waals surface area contributed by atoms with E-state index in [1.165, 1.54) is 116 Å². The van der Waals surface area contributed by atoms with Crippen molar-refractivity contribution in [3.05, 3.63) is 0 Å². The third-order valence-electron chi connectivity index (χ3n) is 9.07. The van der Waals surface area contributed by atoms with Crippen LogP contribution < -0.4 is 0 Å². The zero-order valence-electron chi connectivity index (χ0n) is 19.2. The zero-order chi connectivity index (χ0) is 20.3. The molecule has 30 heavy (non-hydrogen) atoms. The molecule has 8 aliphatic heterocycles. The number of nitrogens with zero attached hydrogens (tertiary/aromatic N) is 6. The van der Waals surface area contributed by atoms with Crippen LogP contribution in [-0.2, 0) is 0 Å². The van der Waals surface area contributed by atoms with Gasteiger partial charge in [-0.05, 0) is 12.8 Å². The molecular weight excluding hydrogens is 372 g/mol. The average molecular weight is 413 g/mol. The van der Waals surface area contributed by atoms with Crippen LogP contribution in [0.25, 0.3) is 0 Å². The molecule has 4 unspecified atom stereocenters. The Bertz CT molecular complexity index is 650. The largest absolute Gasteiger partial charge is 0.300 e. The fourth-order valence-electron chi connectivity index (χ4n) is 8.23.